The predicted octanol–water partition coefficient (Wildman–Crippen LogP) is 1.39. The number of rotatable bonds is 0. The molecular formula is C15H18O4. The molecule has 1 saturated heterocycles. The lowest BCUT2D eigenvalue weighted by molar-refractivity contribution is -0.144. The lowest BCUT2D eigenvalue weighted by Gasteiger charge is -2.26. The van der Waals surface area contributed by atoms with Crippen molar-refractivity contribution in [2.75, 3.05) is 0 Å². The van der Waals surface area contributed by atoms with Crippen LogP contribution < -0.4 is 0 Å². The van der Waals surface area contributed by atoms with Crippen molar-refractivity contribution in [3.63, 3.8) is 0 Å². The van der Waals surface area contributed by atoms with Crippen molar-refractivity contribution in [2.24, 2.45) is 17.8 Å². The molecule has 102 valence electrons. The van der Waals surface area contributed by atoms with E-state index >= 15 is 0 Å². The molecule has 19 heavy (non-hydrogen) atoms. The Kier molecular flexibility index (Phi) is 2.68. The summed E-state index contributed by atoms with van der Waals surface area (Å²) in [5, 5.41) is 10.3. The molecule has 0 radical (unpaired) electrons. The van der Waals surface area contributed by atoms with Gasteiger partial charge in [0, 0.05) is 17.4 Å². The van der Waals surface area contributed by atoms with Crippen LogP contribution in [0.2, 0.25) is 0 Å². The summed E-state index contributed by atoms with van der Waals surface area (Å²) in [6.07, 6.45) is 1.06. The zero-order valence-corrected chi connectivity index (χ0v) is 11.3. The third kappa shape index (κ3) is 1.62. The molecule has 0 bridgehead atoms. The monoisotopic (exact) mass is 262 g/mol. The third-order valence-electron chi connectivity index (χ3n) is 4.75. The number of ether oxygens (including phenoxy) is 1. The van der Waals surface area contributed by atoms with Crippen LogP contribution in [0.25, 0.3) is 0 Å². The summed E-state index contributed by atoms with van der Waals surface area (Å²) < 4.78 is 5.48. The van der Waals surface area contributed by atoms with E-state index in [1.165, 1.54) is 0 Å². The predicted molar refractivity (Wildman–Crippen MR) is 68.1 cm³/mol. The van der Waals surface area contributed by atoms with Crippen LogP contribution in [0.4, 0.5) is 0 Å². The Morgan fingerprint density at radius 3 is 2.68 bits per heavy atom. The van der Waals surface area contributed by atoms with Crippen LogP contribution in [0.1, 0.15) is 27.2 Å². The molecule has 2 aliphatic carbocycles. The van der Waals surface area contributed by atoms with Gasteiger partial charge in [-0.25, -0.2) is 0 Å². The standard InChI is InChI=1S/C15H18O4/c1-6-4-10(17)13-8(3)15(18)19-14(13)12-7(2)5-9(16)11(6)12/h5,8,10,12-14,17H,4H2,1-3H3/t8-,10-,12+,13-,14-/m1/s1. The maximum Gasteiger partial charge on any atom is 0.309 e. The summed E-state index contributed by atoms with van der Waals surface area (Å²) in [4.78, 5) is 23.9. The minimum Gasteiger partial charge on any atom is -0.461 e. The second-order valence-electron chi connectivity index (χ2n) is 5.96. The summed E-state index contributed by atoms with van der Waals surface area (Å²) in [6, 6.07) is 0. The van der Waals surface area contributed by atoms with Gasteiger partial charge in [-0.3, -0.25) is 9.59 Å². The van der Waals surface area contributed by atoms with E-state index in [9.17, 15) is 14.7 Å². The molecule has 0 aromatic carbocycles. The zero-order valence-electron chi connectivity index (χ0n) is 11.3. The van der Waals surface area contributed by atoms with Gasteiger partial charge in [0.05, 0.1) is 12.0 Å². The Bertz CT molecular complexity index is 528. The normalized spacial score (nSPS) is 41.7. The number of esters is 1. The van der Waals surface area contributed by atoms with Gasteiger partial charge in [-0.1, -0.05) is 18.1 Å². The molecule has 0 aromatic rings. The van der Waals surface area contributed by atoms with Crippen molar-refractivity contribution >= 4 is 11.8 Å². The van der Waals surface area contributed by atoms with Gasteiger partial charge in [0.2, 0.25) is 0 Å². The molecule has 4 nitrogen and oxygen atoms in total. The summed E-state index contributed by atoms with van der Waals surface area (Å²) in [5.74, 6) is -0.957. The maximum atomic E-state index is 12.1. The fourth-order valence-electron chi connectivity index (χ4n) is 3.82. The first-order chi connectivity index (χ1) is 8.91. The van der Waals surface area contributed by atoms with E-state index in [1.54, 1.807) is 13.0 Å². The van der Waals surface area contributed by atoms with E-state index in [1.807, 2.05) is 13.8 Å². The van der Waals surface area contributed by atoms with Gasteiger partial charge in [0.1, 0.15) is 6.10 Å². The van der Waals surface area contributed by atoms with Crippen LogP contribution in [-0.2, 0) is 14.3 Å². The van der Waals surface area contributed by atoms with Crippen LogP contribution in [0.3, 0.4) is 0 Å². The summed E-state index contributed by atoms with van der Waals surface area (Å²) in [6.45, 7) is 5.59. The van der Waals surface area contributed by atoms with Gasteiger partial charge < -0.3 is 9.84 Å². The molecule has 1 aliphatic heterocycles. The highest BCUT2D eigenvalue weighted by atomic mass is 16.6. The molecule has 3 aliphatic rings. The minimum absolute atomic E-state index is 0.00320. The Hall–Kier alpha value is -1.42. The highest BCUT2D eigenvalue weighted by molar-refractivity contribution is 6.09. The molecule has 0 spiro atoms. The quantitative estimate of drug-likeness (QED) is 0.670. The molecule has 0 amide bonds. The number of aliphatic hydroxyl groups is 1. The van der Waals surface area contributed by atoms with Crippen LogP contribution in [0.5, 0.6) is 0 Å². The van der Waals surface area contributed by atoms with Gasteiger partial charge >= 0.3 is 5.97 Å². The van der Waals surface area contributed by atoms with Gasteiger partial charge in [-0.05, 0) is 26.3 Å². The number of carbonyl (C=O) groups excluding carboxylic acids is 2. The van der Waals surface area contributed by atoms with Crippen molar-refractivity contribution < 1.29 is 19.4 Å². The average Bonchev–Trinajstić information content (AvgIpc) is 2.72. The summed E-state index contributed by atoms with van der Waals surface area (Å²) in [5.41, 5.74) is 2.59. The van der Waals surface area contributed by atoms with E-state index in [2.05, 4.69) is 0 Å². The van der Waals surface area contributed by atoms with E-state index in [-0.39, 0.29) is 29.5 Å². The Balaban J connectivity index is 2.11. The zero-order chi connectivity index (χ0) is 13.9. The van der Waals surface area contributed by atoms with Crippen molar-refractivity contribution in [3.05, 3.63) is 22.8 Å². The molecule has 1 heterocycles. The highest BCUT2D eigenvalue weighted by Gasteiger charge is 2.53. The second kappa shape index (κ2) is 4.04. The average molecular weight is 262 g/mol. The van der Waals surface area contributed by atoms with Crippen molar-refractivity contribution in [3.8, 4) is 0 Å². The molecule has 4 heteroatoms. The SMILES string of the molecule is CC1=CC(=O)C2=C(C)C[C@@H](O)[C@@H]3[C@H](OC(=O)[C@@H]3C)[C@@H]12. The first-order valence-corrected chi connectivity index (χ1v) is 6.72. The lowest BCUT2D eigenvalue weighted by Crippen LogP contribution is -2.35. The number of carbonyl (C=O) groups is 2. The molecule has 0 unspecified atom stereocenters. The fraction of sp³-hybridized carbons (Fsp3) is 0.600. The molecule has 1 fully saturated rings. The summed E-state index contributed by atoms with van der Waals surface area (Å²) in [7, 11) is 0. The van der Waals surface area contributed by atoms with Crippen molar-refractivity contribution in [1.29, 1.82) is 0 Å². The topological polar surface area (TPSA) is 63.6 Å². The second-order valence-corrected chi connectivity index (χ2v) is 5.96. The first-order valence-electron chi connectivity index (χ1n) is 6.72. The van der Waals surface area contributed by atoms with Crippen LogP contribution in [-0.4, -0.2) is 29.1 Å². The third-order valence-corrected chi connectivity index (χ3v) is 4.75. The largest absolute Gasteiger partial charge is 0.461 e. The van der Waals surface area contributed by atoms with E-state index in [0.717, 1.165) is 16.7 Å². The van der Waals surface area contributed by atoms with E-state index in [4.69, 9.17) is 4.74 Å². The maximum absolute atomic E-state index is 12.1. The number of allylic oxidation sites excluding steroid dienone is 1. The number of fused-ring (bicyclic) bond motifs is 3. The van der Waals surface area contributed by atoms with Gasteiger partial charge in [0.25, 0.3) is 0 Å². The molecule has 3 rings (SSSR count). The van der Waals surface area contributed by atoms with Crippen LogP contribution in [0, 0.1) is 17.8 Å². The van der Waals surface area contributed by atoms with Gasteiger partial charge in [-0.15, -0.1) is 0 Å². The Labute approximate surface area is 112 Å². The number of aliphatic hydroxyl groups excluding tert-OH is 1. The lowest BCUT2D eigenvalue weighted by atomic mass is 9.80. The molecule has 5 atom stereocenters. The van der Waals surface area contributed by atoms with Crippen molar-refractivity contribution in [1.82, 2.24) is 0 Å². The summed E-state index contributed by atoms with van der Waals surface area (Å²) >= 11 is 0. The van der Waals surface area contributed by atoms with Crippen molar-refractivity contribution in [2.45, 2.75) is 39.4 Å². The fourth-order valence-corrected chi connectivity index (χ4v) is 3.82. The van der Waals surface area contributed by atoms with Gasteiger partial charge in [-0.2, -0.15) is 0 Å². The number of hydrogen-bond donors (Lipinski definition) is 1. The van der Waals surface area contributed by atoms with Gasteiger partial charge in [0.15, 0.2) is 5.78 Å². The van der Waals surface area contributed by atoms with E-state index < -0.39 is 12.2 Å². The Morgan fingerprint density at radius 1 is 1.32 bits per heavy atom. The molecule has 0 aromatic heterocycles. The number of ketones is 1. The minimum atomic E-state index is -0.620. The number of hydrogen-bond acceptors (Lipinski definition) is 4. The smallest absolute Gasteiger partial charge is 0.309 e. The molecule has 0 saturated carbocycles. The highest BCUT2D eigenvalue weighted by Crippen LogP contribution is 2.47. The van der Waals surface area contributed by atoms with Crippen LogP contribution in [0.15, 0.2) is 22.8 Å². The molecule has 1 N–H and O–H groups in total. The first kappa shape index (κ1) is 12.6. The Morgan fingerprint density at radius 2 is 2.00 bits per heavy atom. The van der Waals surface area contributed by atoms with E-state index in [0.29, 0.717) is 6.42 Å². The van der Waals surface area contributed by atoms with Crippen LogP contribution >= 0.6 is 0 Å². The molecular weight excluding hydrogens is 244 g/mol.